The van der Waals surface area contributed by atoms with E-state index < -0.39 is 0 Å². The van der Waals surface area contributed by atoms with E-state index in [0.29, 0.717) is 12.0 Å². The molecule has 2 rings (SSSR count). The third kappa shape index (κ3) is 2.88. The predicted octanol–water partition coefficient (Wildman–Crippen LogP) is 3.73. The minimum absolute atomic E-state index is 0.548. The summed E-state index contributed by atoms with van der Waals surface area (Å²) in [5.41, 5.74) is 1.41. The van der Waals surface area contributed by atoms with Crippen LogP contribution in [0.2, 0.25) is 0 Å². The molecule has 1 heterocycles. The molecule has 0 fully saturated rings. The number of fused-ring (bicyclic) bond motifs is 1. The minimum Gasteiger partial charge on any atom is -0.315 e. The van der Waals surface area contributed by atoms with Crippen molar-refractivity contribution in [2.24, 2.45) is 0 Å². The molecule has 1 aromatic heterocycles. The molecule has 2 atom stereocenters. The van der Waals surface area contributed by atoms with E-state index in [4.69, 9.17) is 0 Å². The SMILES string of the molecule is CCNC(C)CC(C)c1cccc2ccncc12. The van der Waals surface area contributed by atoms with Crippen molar-refractivity contribution in [3.05, 3.63) is 42.2 Å². The van der Waals surface area contributed by atoms with Crippen molar-refractivity contribution >= 4 is 10.8 Å². The molecule has 18 heavy (non-hydrogen) atoms. The fourth-order valence-corrected chi connectivity index (χ4v) is 2.66. The van der Waals surface area contributed by atoms with Gasteiger partial charge in [0.15, 0.2) is 0 Å². The molecule has 0 aliphatic heterocycles. The van der Waals surface area contributed by atoms with Crippen molar-refractivity contribution in [1.29, 1.82) is 0 Å². The number of nitrogens with one attached hydrogen (secondary N) is 1. The maximum atomic E-state index is 4.26. The minimum atomic E-state index is 0.548. The number of aromatic nitrogens is 1. The molecule has 2 nitrogen and oxygen atoms in total. The Balaban J connectivity index is 2.24. The second-order valence-electron chi connectivity index (χ2n) is 5.04. The largest absolute Gasteiger partial charge is 0.315 e. The van der Waals surface area contributed by atoms with Gasteiger partial charge in [-0.2, -0.15) is 0 Å². The number of nitrogens with zero attached hydrogens (tertiary/aromatic N) is 1. The van der Waals surface area contributed by atoms with Gasteiger partial charge in [0, 0.05) is 23.8 Å². The summed E-state index contributed by atoms with van der Waals surface area (Å²) in [4.78, 5) is 4.26. The zero-order valence-corrected chi connectivity index (χ0v) is 11.5. The second kappa shape index (κ2) is 5.96. The Hall–Kier alpha value is -1.41. The summed E-state index contributed by atoms with van der Waals surface area (Å²) in [6, 6.07) is 9.16. The molecule has 0 radical (unpaired) electrons. The number of hydrogen-bond acceptors (Lipinski definition) is 2. The highest BCUT2D eigenvalue weighted by Gasteiger charge is 2.12. The van der Waals surface area contributed by atoms with Crippen molar-refractivity contribution in [2.45, 2.75) is 39.2 Å². The maximum Gasteiger partial charge on any atom is 0.0349 e. The number of hydrogen-bond donors (Lipinski definition) is 1. The highest BCUT2D eigenvalue weighted by molar-refractivity contribution is 5.85. The van der Waals surface area contributed by atoms with Crippen LogP contribution < -0.4 is 5.32 Å². The monoisotopic (exact) mass is 242 g/mol. The van der Waals surface area contributed by atoms with Crippen molar-refractivity contribution in [3.8, 4) is 0 Å². The van der Waals surface area contributed by atoms with E-state index in [1.165, 1.54) is 16.3 Å². The quantitative estimate of drug-likeness (QED) is 0.864. The molecule has 0 aliphatic carbocycles. The van der Waals surface area contributed by atoms with Gasteiger partial charge in [-0.05, 0) is 42.8 Å². The Morgan fingerprint density at radius 2 is 2.06 bits per heavy atom. The van der Waals surface area contributed by atoms with Gasteiger partial charge in [0.2, 0.25) is 0 Å². The summed E-state index contributed by atoms with van der Waals surface area (Å²) in [5.74, 6) is 0.548. The van der Waals surface area contributed by atoms with Gasteiger partial charge < -0.3 is 5.32 Å². The van der Waals surface area contributed by atoms with Crippen molar-refractivity contribution < 1.29 is 0 Å². The molecule has 0 spiro atoms. The Kier molecular flexibility index (Phi) is 4.32. The Morgan fingerprint density at radius 3 is 2.83 bits per heavy atom. The predicted molar refractivity (Wildman–Crippen MR) is 77.9 cm³/mol. The average Bonchev–Trinajstić information content (AvgIpc) is 2.38. The van der Waals surface area contributed by atoms with Crippen LogP contribution in [0.25, 0.3) is 10.8 Å². The zero-order valence-electron chi connectivity index (χ0n) is 11.5. The van der Waals surface area contributed by atoms with Gasteiger partial charge in [-0.3, -0.25) is 4.98 Å². The third-order valence-electron chi connectivity index (χ3n) is 3.51. The molecule has 2 unspecified atom stereocenters. The van der Waals surface area contributed by atoms with E-state index in [-0.39, 0.29) is 0 Å². The molecule has 0 amide bonds. The van der Waals surface area contributed by atoms with Gasteiger partial charge in [0.05, 0.1) is 0 Å². The first kappa shape index (κ1) is 13.0. The van der Waals surface area contributed by atoms with Crippen molar-refractivity contribution in [3.63, 3.8) is 0 Å². The van der Waals surface area contributed by atoms with Gasteiger partial charge in [-0.25, -0.2) is 0 Å². The van der Waals surface area contributed by atoms with E-state index in [1.54, 1.807) is 0 Å². The fraction of sp³-hybridized carbons (Fsp3) is 0.438. The lowest BCUT2D eigenvalue weighted by Gasteiger charge is -2.19. The zero-order chi connectivity index (χ0) is 13.0. The molecular formula is C16H22N2. The number of rotatable bonds is 5. The van der Waals surface area contributed by atoms with E-state index in [2.05, 4.69) is 55.3 Å². The molecule has 1 N–H and O–H groups in total. The maximum absolute atomic E-state index is 4.26. The molecule has 2 aromatic rings. The van der Waals surface area contributed by atoms with Gasteiger partial charge in [0.25, 0.3) is 0 Å². The normalized spacial score (nSPS) is 14.6. The fourth-order valence-electron chi connectivity index (χ4n) is 2.66. The second-order valence-corrected chi connectivity index (χ2v) is 5.04. The molecule has 0 saturated carbocycles. The summed E-state index contributed by atoms with van der Waals surface area (Å²) >= 11 is 0. The van der Waals surface area contributed by atoms with Crippen LogP contribution in [0.4, 0.5) is 0 Å². The molecule has 0 aliphatic rings. The van der Waals surface area contributed by atoms with Crippen molar-refractivity contribution in [2.75, 3.05) is 6.54 Å². The van der Waals surface area contributed by atoms with Gasteiger partial charge >= 0.3 is 0 Å². The highest BCUT2D eigenvalue weighted by Crippen LogP contribution is 2.27. The molecule has 0 saturated heterocycles. The van der Waals surface area contributed by atoms with Gasteiger partial charge in [-0.15, -0.1) is 0 Å². The lowest BCUT2D eigenvalue weighted by Crippen LogP contribution is -2.26. The number of pyridine rings is 1. The topological polar surface area (TPSA) is 24.9 Å². The summed E-state index contributed by atoms with van der Waals surface area (Å²) in [7, 11) is 0. The summed E-state index contributed by atoms with van der Waals surface area (Å²) in [5, 5.41) is 6.05. The first-order valence-corrected chi connectivity index (χ1v) is 6.78. The summed E-state index contributed by atoms with van der Waals surface area (Å²) in [6.45, 7) is 7.74. The standard InChI is InChI=1S/C16H22N2/c1-4-18-13(3)10-12(2)15-7-5-6-14-8-9-17-11-16(14)15/h5-9,11-13,18H,4,10H2,1-3H3. The molecular weight excluding hydrogens is 220 g/mol. The summed E-state index contributed by atoms with van der Waals surface area (Å²) in [6.07, 6.45) is 5.00. The van der Waals surface area contributed by atoms with Crippen LogP contribution in [0.1, 0.15) is 38.7 Å². The first-order valence-electron chi connectivity index (χ1n) is 6.78. The number of benzene rings is 1. The van der Waals surface area contributed by atoms with E-state index >= 15 is 0 Å². The van der Waals surface area contributed by atoms with Crippen LogP contribution in [-0.2, 0) is 0 Å². The lowest BCUT2D eigenvalue weighted by atomic mass is 9.91. The third-order valence-corrected chi connectivity index (χ3v) is 3.51. The van der Waals surface area contributed by atoms with E-state index in [1.807, 2.05) is 12.4 Å². The first-order chi connectivity index (χ1) is 8.72. The van der Waals surface area contributed by atoms with Crippen LogP contribution >= 0.6 is 0 Å². The van der Waals surface area contributed by atoms with Gasteiger partial charge in [0.1, 0.15) is 0 Å². The van der Waals surface area contributed by atoms with E-state index in [0.717, 1.165) is 13.0 Å². The van der Waals surface area contributed by atoms with Gasteiger partial charge in [-0.1, -0.05) is 32.0 Å². The van der Waals surface area contributed by atoms with Crippen LogP contribution in [-0.4, -0.2) is 17.6 Å². The van der Waals surface area contributed by atoms with Crippen molar-refractivity contribution in [1.82, 2.24) is 10.3 Å². The van der Waals surface area contributed by atoms with E-state index in [9.17, 15) is 0 Å². The molecule has 2 heteroatoms. The average molecular weight is 242 g/mol. The highest BCUT2D eigenvalue weighted by atomic mass is 14.9. The Bertz CT molecular complexity index is 502. The smallest absolute Gasteiger partial charge is 0.0349 e. The summed E-state index contributed by atoms with van der Waals surface area (Å²) < 4.78 is 0. The molecule has 1 aromatic carbocycles. The molecule has 0 bridgehead atoms. The van der Waals surface area contributed by atoms with Crippen LogP contribution in [0, 0.1) is 0 Å². The molecule has 96 valence electrons. The lowest BCUT2D eigenvalue weighted by molar-refractivity contribution is 0.492. The Labute approximate surface area is 109 Å². The van der Waals surface area contributed by atoms with Crippen LogP contribution in [0.5, 0.6) is 0 Å². The van der Waals surface area contributed by atoms with Crippen LogP contribution in [0.3, 0.4) is 0 Å². The Morgan fingerprint density at radius 1 is 1.22 bits per heavy atom. The van der Waals surface area contributed by atoms with Crippen LogP contribution in [0.15, 0.2) is 36.7 Å².